The Bertz CT molecular complexity index is 1160. The predicted octanol–water partition coefficient (Wildman–Crippen LogP) is 5.43. The third-order valence-corrected chi connectivity index (χ3v) is 5.44. The summed E-state index contributed by atoms with van der Waals surface area (Å²) in [5.74, 6) is 1.34. The summed E-state index contributed by atoms with van der Waals surface area (Å²) in [7, 11) is 0. The first-order valence-corrected chi connectivity index (χ1v) is 10.4. The molecule has 1 aromatic heterocycles. The monoisotopic (exact) mass is 397 g/mol. The maximum absolute atomic E-state index is 12.6. The second-order valence-electron chi connectivity index (χ2n) is 7.94. The number of fused-ring (bicyclic) bond motifs is 1. The van der Waals surface area contributed by atoms with Gasteiger partial charge in [-0.2, -0.15) is 0 Å². The molecular formula is C26H27N3O. The molecule has 3 aromatic carbocycles. The van der Waals surface area contributed by atoms with Gasteiger partial charge in [0.15, 0.2) is 0 Å². The Kier molecular flexibility index (Phi) is 5.66. The Hall–Kier alpha value is -3.40. The maximum atomic E-state index is 12.6. The van der Waals surface area contributed by atoms with Crippen LogP contribution >= 0.6 is 0 Å². The summed E-state index contributed by atoms with van der Waals surface area (Å²) in [4.78, 5) is 17.3. The molecule has 0 aliphatic carbocycles. The molecule has 0 aliphatic heterocycles. The van der Waals surface area contributed by atoms with Gasteiger partial charge in [-0.15, -0.1) is 0 Å². The van der Waals surface area contributed by atoms with Gasteiger partial charge in [-0.25, -0.2) is 4.98 Å². The maximum Gasteiger partial charge on any atom is 0.251 e. The number of rotatable bonds is 6. The van der Waals surface area contributed by atoms with Crippen molar-refractivity contribution < 1.29 is 4.79 Å². The Morgan fingerprint density at radius 3 is 2.43 bits per heavy atom. The molecule has 30 heavy (non-hydrogen) atoms. The Balaban J connectivity index is 1.53. The van der Waals surface area contributed by atoms with Crippen molar-refractivity contribution in [1.29, 1.82) is 0 Å². The molecule has 0 radical (unpaired) electrons. The highest BCUT2D eigenvalue weighted by Gasteiger charge is 2.13. The van der Waals surface area contributed by atoms with Crippen LogP contribution in [0.15, 0.2) is 72.8 Å². The molecule has 4 heteroatoms. The molecule has 0 saturated carbocycles. The molecule has 1 amide bonds. The van der Waals surface area contributed by atoms with Crippen LogP contribution in [0.25, 0.3) is 16.7 Å². The van der Waals surface area contributed by atoms with Gasteiger partial charge in [-0.3, -0.25) is 9.36 Å². The summed E-state index contributed by atoms with van der Waals surface area (Å²) in [5, 5.41) is 3.01. The smallest absolute Gasteiger partial charge is 0.251 e. The number of hydrogen-bond donors (Lipinski definition) is 1. The molecule has 0 unspecified atom stereocenters. The number of aryl methyl sites for hydroxylation is 1. The lowest BCUT2D eigenvalue weighted by Gasteiger charge is -2.10. The van der Waals surface area contributed by atoms with Crippen LogP contribution in [0, 0.1) is 6.92 Å². The van der Waals surface area contributed by atoms with E-state index in [-0.39, 0.29) is 5.91 Å². The number of nitrogens with zero attached hydrogens (tertiary/aromatic N) is 2. The molecule has 4 rings (SSSR count). The number of benzene rings is 3. The lowest BCUT2D eigenvalue weighted by molar-refractivity contribution is 0.0954. The van der Waals surface area contributed by atoms with E-state index >= 15 is 0 Å². The lowest BCUT2D eigenvalue weighted by Crippen LogP contribution is -2.25. The molecular weight excluding hydrogens is 370 g/mol. The topological polar surface area (TPSA) is 46.9 Å². The van der Waals surface area contributed by atoms with E-state index in [1.807, 2.05) is 43.3 Å². The van der Waals surface area contributed by atoms with E-state index in [1.54, 1.807) is 0 Å². The van der Waals surface area contributed by atoms with Gasteiger partial charge in [0.25, 0.3) is 5.91 Å². The third kappa shape index (κ3) is 4.13. The van der Waals surface area contributed by atoms with E-state index in [4.69, 9.17) is 4.98 Å². The summed E-state index contributed by atoms with van der Waals surface area (Å²) in [6, 6.07) is 24.5. The molecule has 152 valence electrons. The highest BCUT2D eigenvalue weighted by atomic mass is 16.1. The molecule has 1 heterocycles. The number of nitrogens with one attached hydrogen (secondary N) is 1. The minimum atomic E-state index is -0.0682. The fourth-order valence-electron chi connectivity index (χ4n) is 3.74. The fraction of sp³-hybridized carbons (Fsp3) is 0.231. The molecule has 0 aliphatic rings. The van der Waals surface area contributed by atoms with Gasteiger partial charge >= 0.3 is 0 Å². The Morgan fingerprint density at radius 1 is 1.00 bits per heavy atom. The summed E-state index contributed by atoms with van der Waals surface area (Å²) in [6.07, 6.45) is 0.814. The van der Waals surface area contributed by atoms with Crippen LogP contribution in [0.3, 0.4) is 0 Å². The van der Waals surface area contributed by atoms with E-state index in [1.165, 1.54) is 11.1 Å². The van der Waals surface area contributed by atoms with Crippen molar-refractivity contribution in [2.45, 2.75) is 33.1 Å². The average molecular weight is 398 g/mol. The van der Waals surface area contributed by atoms with Crippen molar-refractivity contribution in [2.24, 2.45) is 0 Å². The summed E-state index contributed by atoms with van der Waals surface area (Å²) < 4.78 is 2.14. The zero-order chi connectivity index (χ0) is 21.1. The number of imidazole rings is 1. The van der Waals surface area contributed by atoms with Crippen LogP contribution in [0.4, 0.5) is 0 Å². The molecule has 0 spiro atoms. The highest BCUT2D eigenvalue weighted by Crippen LogP contribution is 2.24. The molecule has 0 fully saturated rings. The SMILES string of the molecule is Cc1nc2cc(C(=O)NCCc3ccccc3)ccc2n1-c1ccc(C(C)C)cc1. The second-order valence-corrected chi connectivity index (χ2v) is 7.94. The van der Waals surface area contributed by atoms with Crippen LogP contribution in [0.1, 0.15) is 47.1 Å². The lowest BCUT2D eigenvalue weighted by atomic mass is 10.0. The quantitative estimate of drug-likeness (QED) is 0.472. The van der Waals surface area contributed by atoms with Crippen molar-refractivity contribution in [3.63, 3.8) is 0 Å². The number of carbonyl (C=O) groups is 1. The van der Waals surface area contributed by atoms with Crippen LogP contribution in [-0.4, -0.2) is 22.0 Å². The van der Waals surface area contributed by atoms with Gasteiger partial charge in [0.05, 0.1) is 11.0 Å². The zero-order valence-electron chi connectivity index (χ0n) is 17.7. The summed E-state index contributed by atoms with van der Waals surface area (Å²) in [5.41, 5.74) is 6.08. The van der Waals surface area contributed by atoms with Crippen molar-refractivity contribution >= 4 is 16.9 Å². The fourth-order valence-corrected chi connectivity index (χ4v) is 3.74. The van der Waals surface area contributed by atoms with Crippen molar-refractivity contribution in [2.75, 3.05) is 6.54 Å². The molecule has 0 saturated heterocycles. The normalized spacial score (nSPS) is 11.2. The van der Waals surface area contributed by atoms with E-state index < -0.39 is 0 Å². The number of hydrogen-bond acceptors (Lipinski definition) is 2. The number of aromatic nitrogens is 2. The average Bonchev–Trinajstić information content (AvgIpc) is 3.09. The van der Waals surface area contributed by atoms with Crippen LogP contribution in [-0.2, 0) is 6.42 Å². The molecule has 1 N–H and O–H groups in total. The van der Waals surface area contributed by atoms with Crippen LogP contribution < -0.4 is 5.32 Å². The highest BCUT2D eigenvalue weighted by molar-refractivity contribution is 5.97. The standard InChI is InChI=1S/C26H27N3O/c1-18(2)21-9-12-23(13-10-21)29-19(3)28-24-17-22(11-14-25(24)29)26(30)27-16-15-20-7-5-4-6-8-20/h4-14,17-18H,15-16H2,1-3H3,(H,27,30). The van der Waals surface area contributed by atoms with Crippen molar-refractivity contribution in [3.05, 3.63) is 95.3 Å². The van der Waals surface area contributed by atoms with Crippen molar-refractivity contribution in [1.82, 2.24) is 14.9 Å². The van der Waals surface area contributed by atoms with Gasteiger partial charge < -0.3 is 5.32 Å². The molecule has 4 aromatic rings. The minimum Gasteiger partial charge on any atom is -0.352 e. The minimum absolute atomic E-state index is 0.0682. The first kappa shape index (κ1) is 19.9. The van der Waals surface area contributed by atoms with Gasteiger partial charge in [0.1, 0.15) is 5.82 Å². The first-order chi connectivity index (χ1) is 14.5. The van der Waals surface area contributed by atoms with Gasteiger partial charge in [-0.1, -0.05) is 56.3 Å². The van der Waals surface area contributed by atoms with Gasteiger partial charge in [0, 0.05) is 17.8 Å². The van der Waals surface area contributed by atoms with E-state index in [9.17, 15) is 4.79 Å². The third-order valence-electron chi connectivity index (χ3n) is 5.44. The zero-order valence-corrected chi connectivity index (χ0v) is 17.7. The van der Waals surface area contributed by atoms with Crippen LogP contribution in [0.5, 0.6) is 0 Å². The molecule has 0 bridgehead atoms. The molecule has 4 nitrogen and oxygen atoms in total. The Labute approximate surface area is 177 Å². The van der Waals surface area contributed by atoms with E-state index in [0.717, 1.165) is 29.0 Å². The number of amides is 1. The second kappa shape index (κ2) is 8.54. The van der Waals surface area contributed by atoms with Crippen LogP contribution in [0.2, 0.25) is 0 Å². The Morgan fingerprint density at radius 2 is 1.73 bits per heavy atom. The first-order valence-electron chi connectivity index (χ1n) is 10.4. The predicted molar refractivity (Wildman–Crippen MR) is 122 cm³/mol. The summed E-state index contributed by atoms with van der Waals surface area (Å²) >= 11 is 0. The van der Waals surface area contributed by atoms with Gasteiger partial charge in [0.2, 0.25) is 0 Å². The van der Waals surface area contributed by atoms with Crippen molar-refractivity contribution in [3.8, 4) is 5.69 Å². The van der Waals surface area contributed by atoms with Gasteiger partial charge in [-0.05, 0) is 60.7 Å². The summed E-state index contributed by atoms with van der Waals surface area (Å²) in [6.45, 7) is 6.99. The molecule has 0 atom stereocenters. The van der Waals surface area contributed by atoms with E-state index in [2.05, 4.69) is 60.1 Å². The largest absolute Gasteiger partial charge is 0.352 e. The number of carbonyl (C=O) groups excluding carboxylic acids is 1. The van der Waals surface area contributed by atoms with E-state index in [0.29, 0.717) is 18.0 Å².